The van der Waals surface area contributed by atoms with Crippen molar-refractivity contribution >= 4 is 14.4 Å². The van der Waals surface area contributed by atoms with Crippen LogP contribution in [0.3, 0.4) is 0 Å². The molecule has 0 aromatic carbocycles. The van der Waals surface area contributed by atoms with Crippen molar-refractivity contribution in [1.29, 1.82) is 0 Å². The summed E-state index contributed by atoms with van der Waals surface area (Å²) in [6.07, 6.45) is 1.16. The molecule has 0 aromatic heterocycles. The van der Waals surface area contributed by atoms with Gasteiger partial charge in [0.25, 0.3) is 0 Å². The summed E-state index contributed by atoms with van der Waals surface area (Å²) in [4.78, 5) is 10.7. The maximum atomic E-state index is 10.7. The van der Waals surface area contributed by atoms with Crippen LogP contribution < -0.4 is 0 Å². The topological polar surface area (TPSA) is 17.1 Å². The lowest BCUT2D eigenvalue weighted by molar-refractivity contribution is -0.107. The third-order valence-corrected chi connectivity index (χ3v) is 9.58. The van der Waals surface area contributed by atoms with E-state index in [4.69, 9.17) is 0 Å². The average molecular weight is 172 g/mol. The predicted octanol–water partition coefficient (Wildman–Crippen LogP) is 3.08. The molecule has 2 heteroatoms. The Kier molecular flexibility index (Phi) is 4.65. The van der Waals surface area contributed by atoms with Gasteiger partial charge >= 0.3 is 0 Å². The molecule has 1 unspecified atom stereocenters. The first-order valence-electron chi connectivity index (χ1n) is 4.62. The first-order valence-corrected chi connectivity index (χ1v) is 7.32. The van der Waals surface area contributed by atoms with Gasteiger partial charge in [-0.15, -0.1) is 0 Å². The highest BCUT2D eigenvalue weighted by molar-refractivity contribution is 6.83. The maximum absolute atomic E-state index is 10.7. The molecule has 0 aliphatic carbocycles. The van der Waals surface area contributed by atoms with Crippen LogP contribution >= 0.6 is 0 Å². The lowest BCUT2D eigenvalue weighted by atomic mass is 10.5. The zero-order chi connectivity index (χ0) is 8.91. The minimum Gasteiger partial charge on any atom is -0.303 e. The van der Waals surface area contributed by atoms with Gasteiger partial charge in [0.1, 0.15) is 6.29 Å². The lowest BCUT2D eigenvalue weighted by Crippen LogP contribution is -2.36. The first kappa shape index (κ1) is 10.9. The Morgan fingerprint density at radius 2 is 1.55 bits per heavy atom. The highest BCUT2D eigenvalue weighted by Crippen LogP contribution is 2.31. The number of carbonyl (C=O) groups excluding carboxylic acids is 1. The van der Waals surface area contributed by atoms with E-state index in [9.17, 15) is 4.79 Å². The number of hydrogen-bond acceptors (Lipinski definition) is 1. The molecular formula is C9H20OSi. The largest absolute Gasteiger partial charge is 0.303 e. The van der Waals surface area contributed by atoms with Crippen molar-refractivity contribution in [2.75, 3.05) is 0 Å². The van der Waals surface area contributed by atoms with Gasteiger partial charge in [-0.2, -0.15) is 0 Å². The minimum atomic E-state index is -1.19. The van der Waals surface area contributed by atoms with E-state index >= 15 is 0 Å². The fraction of sp³-hybridized carbons (Fsp3) is 0.889. The predicted molar refractivity (Wildman–Crippen MR) is 52.7 cm³/mol. The van der Waals surface area contributed by atoms with Gasteiger partial charge in [-0.1, -0.05) is 45.8 Å². The molecule has 0 aliphatic rings. The van der Waals surface area contributed by atoms with Crippen molar-refractivity contribution in [3.63, 3.8) is 0 Å². The summed E-state index contributed by atoms with van der Waals surface area (Å²) >= 11 is 0. The van der Waals surface area contributed by atoms with Crippen molar-refractivity contribution in [2.24, 2.45) is 0 Å². The summed E-state index contributed by atoms with van der Waals surface area (Å²) in [5.74, 6) is 0. The standard InChI is InChI=1S/C9H20OSi/c1-5-11(6-2,7-3)9(4)8-10/h8-9H,5-7H2,1-4H3. The Morgan fingerprint density at radius 1 is 1.18 bits per heavy atom. The zero-order valence-electron chi connectivity index (χ0n) is 8.18. The molecule has 0 aliphatic heterocycles. The van der Waals surface area contributed by atoms with E-state index in [0.717, 1.165) is 6.29 Å². The zero-order valence-corrected chi connectivity index (χ0v) is 9.18. The molecule has 0 saturated heterocycles. The van der Waals surface area contributed by atoms with Gasteiger partial charge in [-0.25, -0.2) is 0 Å². The molecule has 0 amide bonds. The van der Waals surface area contributed by atoms with Gasteiger partial charge < -0.3 is 4.79 Å². The second-order valence-corrected chi connectivity index (χ2v) is 9.10. The van der Waals surface area contributed by atoms with Crippen LogP contribution in [0.2, 0.25) is 23.7 Å². The van der Waals surface area contributed by atoms with Crippen LogP contribution in [-0.2, 0) is 4.79 Å². The highest BCUT2D eigenvalue weighted by Gasteiger charge is 2.32. The smallest absolute Gasteiger partial charge is 0.120 e. The number of carbonyl (C=O) groups is 1. The second kappa shape index (κ2) is 4.70. The average Bonchev–Trinajstić information content (AvgIpc) is 2.08. The molecule has 0 N–H and O–H groups in total. The van der Waals surface area contributed by atoms with Crippen molar-refractivity contribution < 1.29 is 4.79 Å². The molecule has 0 rings (SSSR count). The summed E-state index contributed by atoms with van der Waals surface area (Å²) in [5.41, 5.74) is 0.350. The molecule has 11 heavy (non-hydrogen) atoms. The molecule has 1 atom stereocenters. The SMILES string of the molecule is CC[Si](CC)(CC)C(C)C=O. The Hall–Kier alpha value is -0.113. The summed E-state index contributed by atoms with van der Waals surface area (Å²) in [6, 6.07) is 3.75. The number of rotatable bonds is 5. The van der Waals surface area contributed by atoms with E-state index in [2.05, 4.69) is 27.7 Å². The third-order valence-electron chi connectivity index (χ3n) is 3.28. The van der Waals surface area contributed by atoms with Crippen LogP contribution in [0.15, 0.2) is 0 Å². The summed E-state index contributed by atoms with van der Waals surface area (Å²) in [5, 5.41) is 0. The van der Waals surface area contributed by atoms with Gasteiger partial charge in [-0.3, -0.25) is 0 Å². The first-order chi connectivity index (χ1) is 5.16. The normalized spacial score (nSPS) is 14.5. The van der Waals surface area contributed by atoms with Crippen LogP contribution in [0.5, 0.6) is 0 Å². The minimum absolute atomic E-state index is 0.350. The molecule has 0 bridgehead atoms. The molecule has 66 valence electrons. The van der Waals surface area contributed by atoms with Crippen molar-refractivity contribution in [3.05, 3.63) is 0 Å². The monoisotopic (exact) mass is 172 g/mol. The summed E-state index contributed by atoms with van der Waals surface area (Å²) in [7, 11) is -1.19. The molecule has 0 aromatic rings. The Morgan fingerprint density at radius 3 is 1.64 bits per heavy atom. The van der Waals surface area contributed by atoms with E-state index < -0.39 is 8.07 Å². The Balaban J connectivity index is 4.38. The van der Waals surface area contributed by atoms with Crippen LogP contribution in [0.4, 0.5) is 0 Å². The van der Waals surface area contributed by atoms with E-state index in [1.807, 2.05) is 0 Å². The van der Waals surface area contributed by atoms with Gasteiger partial charge in [-0.05, 0) is 0 Å². The molecule has 0 radical (unpaired) electrons. The second-order valence-electron chi connectivity index (χ2n) is 3.35. The number of aldehydes is 1. The Labute approximate surface area is 71.2 Å². The van der Waals surface area contributed by atoms with Gasteiger partial charge in [0, 0.05) is 5.54 Å². The van der Waals surface area contributed by atoms with E-state index in [-0.39, 0.29) is 0 Å². The quantitative estimate of drug-likeness (QED) is 0.460. The molecule has 0 spiro atoms. The van der Waals surface area contributed by atoms with Crippen LogP contribution in [0.25, 0.3) is 0 Å². The molecular weight excluding hydrogens is 152 g/mol. The summed E-state index contributed by atoms with van der Waals surface area (Å²) in [6.45, 7) is 8.80. The molecule has 0 fully saturated rings. The fourth-order valence-electron chi connectivity index (χ4n) is 1.86. The van der Waals surface area contributed by atoms with Crippen LogP contribution in [0, 0.1) is 0 Å². The van der Waals surface area contributed by atoms with Crippen LogP contribution in [0.1, 0.15) is 27.7 Å². The maximum Gasteiger partial charge on any atom is 0.120 e. The van der Waals surface area contributed by atoms with Gasteiger partial charge in [0.15, 0.2) is 0 Å². The molecule has 1 nitrogen and oxygen atoms in total. The third kappa shape index (κ3) is 2.16. The van der Waals surface area contributed by atoms with Gasteiger partial charge in [0.05, 0.1) is 8.07 Å². The van der Waals surface area contributed by atoms with Crippen molar-refractivity contribution in [1.82, 2.24) is 0 Å². The van der Waals surface area contributed by atoms with Crippen LogP contribution in [-0.4, -0.2) is 14.4 Å². The highest BCUT2D eigenvalue weighted by atomic mass is 28.3. The lowest BCUT2D eigenvalue weighted by Gasteiger charge is -2.31. The van der Waals surface area contributed by atoms with E-state index in [1.54, 1.807) is 0 Å². The van der Waals surface area contributed by atoms with Crippen molar-refractivity contribution in [2.45, 2.75) is 51.4 Å². The Bertz CT molecular complexity index is 110. The molecule has 0 saturated carbocycles. The van der Waals surface area contributed by atoms with E-state index in [1.165, 1.54) is 18.1 Å². The number of hydrogen-bond donors (Lipinski definition) is 0. The summed E-state index contributed by atoms with van der Waals surface area (Å²) < 4.78 is 0. The van der Waals surface area contributed by atoms with Crippen molar-refractivity contribution in [3.8, 4) is 0 Å². The fourth-order valence-corrected chi connectivity index (χ4v) is 5.58. The molecule has 0 heterocycles. The van der Waals surface area contributed by atoms with Gasteiger partial charge in [0.2, 0.25) is 0 Å². The van der Waals surface area contributed by atoms with E-state index in [0.29, 0.717) is 5.54 Å².